The number of pyridine rings is 1. The molecule has 7 nitrogen and oxygen atoms in total. The van der Waals surface area contributed by atoms with Gasteiger partial charge in [0.2, 0.25) is 5.91 Å². The molecule has 0 saturated carbocycles. The van der Waals surface area contributed by atoms with Crippen molar-refractivity contribution in [3.63, 3.8) is 0 Å². The predicted octanol–water partition coefficient (Wildman–Crippen LogP) is 3.87. The van der Waals surface area contributed by atoms with Crippen LogP contribution in [0.15, 0.2) is 48.1 Å². The number of hydrogen-bond donors (Lipinski definition) is 0. The van der Waals surface area contributed by atoms with Crippen molar-refractivity contribution in [3.8, 4) is 10.7 Å². The minimum Gasteiger partial charge on any atom is -0.368 e. The molecule has 158 valence electrons. The summed E-state index contributed by atoms with van der Waals surface area (Å²) in [5, 5.41) is 9.11. The van der Waals surface area contributed by atoms with Crippen LogP contribution in [-0.4, -0.2) is 56.7 Å². The molecule has 1 amide bonds. The van der Waals surface area contributed by atoms with E-state index in [0.717, 1.165) is 45.5 Å². The van der Waals surface area contributed by atoms with Crippen LogP contribution < -0.4 is 4.90 Å². The second-order valence-corrected chi connectivity index (χ2v) is 8.82. The Morgan fingerprint density at radius 2 is 1.97 bits per heavy atom. The molecular weight excluding hydrogens is 432 g/mol. The third-order valence-electron chi connectivity index (χ3n) is 5.57. The zero-order valence-electron chi connectivity index (χ0n) is 17.0. The van der Waals surface area contributed by atoms with Crippen LogP contribution in [-0.2, 0) is 11.3 Å². The SMILES string of the molecule is Cc1cc(N2CCN(C(=O)Cn3nc(-c4nccs4)c4cccnc43)CC2)ccc1Cl. The summed E-state index contributed by atoms with van der Waals surface area (Å²) in [6, 6.07) is 9.92. The van der Waals surface area contributed by atoms with Crippen molar-refractivity contribution < 1.29 is 4.79 Å². The number of fused-ring (bicyclic) bond motifs is 1. The van der Waals surface area contributed by atoms with Crippen LogP contribution in [0.5, 0.6) is 0 Å². The van der Waals surface area contributed by atoms with Crippen molar-refractivity contribution in [3.05, 3.63) is 58.7 Å². The number of anilines is 1. The summed E-state index contributed by atoms with van der Waals surface area (Å²) in [4.78, 5) is 26.1. The van der Waals surface area contributed by atoms with Gasteiger partial charge in [0.15, 0.2) is 5.65 Å². The molecule has 0 N–H and O–H groups in total. The van der Waals surface area contributed by atoms with Crippen molar-refractivity contribution in [2.45, 2.75) is 13.5 Å². The molecule has 0 radical (unpaired) electrons. The molecular formula is C22H21ClN6OS. The number of thiazole rings is 1. The van der Waals surface area contributed by atoms with Crippen LogP contribution in [0.4, 0.5) is 5.69 Å². The average molecular weight is 453 g/mol. The van der Waals surface area contributed by atoms with Gasteiger partial charge >= 0.3 is 0 Å². The number of hydrogen-bond acceptors (Lipinski definition) is 6. The number of benzene rings is 1. The van der Waals surface area contributed by atoms with Crippen LogP contribution in [0.25, 0.3) is 21.7 Å². The molecule has 1 saturated heterocycles. The molecule has 31 heavy (non-hydrogen) atoms. The van der Waals surface area contributed by atoms with Crippen molar-refractivity contribution in [2.24, 2.45) is 0 Å². The minimum atomic E-state index is 0.0488. The van der Waals surface area contributed by atoms with Crippen LogP contribution in [0, 0.1) is 6.92 Å². The van der Waals surface area contributed by atoms with Gasteiger partial charge in [-0.3, -0.25) is 4.79 Å². The summed E-state index contributed by atoms with van der Waals surface area (Å²) >= 11 is 7.68. The molecule has 1 fully saturated rings. The maximum atomic E-state index is 13.0. The van der Waals surface area contributed by atoms with E-state index in [0.29, 0.717) is 18.7 Å². The van der Waals surface area contributed by atoms with Gasteiger partial charge in [-0.15, -0.1) is 11.3 Å². The van der Waals surface area contributed by atoms with Crippen molar-refractivity contribution in [1.82, 2.24) is 24.6 Å². The van der Waals surface area contributed by atoms with Gasteiger partial charge in [0, 0.05) is 60.0 Å². The van der Waals surface area contributed by atoms with E-state index in [1.165, 1.54) is 11.3 Å². The Labute approximate surface area is 188 Å². The predicted molar refractivity (Wildman–Crippen MR) is 124 cm³/mol. The Morgan fingerprint density at radius 1 is 1.13 bits per heavy atom. The van der Waals surface area contributed by atoms with E-state index in [2.05, 4.69) is 26.0 Å². The van der Waals surface area contributed by atoms with E-state index >= 15 is 0 Å². The van der Waals surface area contributed by atoms with Crippen molar-refractivity contribution in [2.75, 3.05) is 31.1 Å². The molecule has 9 heteroatoms. The molecule has 1 aliphatic rings. The van der Waals surface area contributed by atoms with Crippen molar-refractivity contribution >= 4 is 45.6 Å². The molecule has 5 rings (SSSR count). The highest BCUT2D eigenvalue weighted by molar-refractivity contribution is 7.13. The lowest BCUT2D eigenvalue weighted by atomic mass is 10.2. The Balaban J connectivity index is 1.30. The first-order chi connectivity index (χ1) is 15.1. The first-order valence-corrected chi connectivity index (χ1v) is 11.4. The smallest absolute Gasteiger partial charge is 0.244 e. The first kappa shape index (κ1) is 20.0. The highest BCUT2D eigenvalue weighted by atomic mass is 35.5. The lowest BCUT2D eigenvalue weighted by molar-refractivity contribution is -0.132. The van der Waals surface area contributed by atoms with Gasteiger partial charge in [0.05, 0.1) is 0 Å². The normalized spacial score (nSPS) is 14.4. The summed E-state index contributed by atoms with van der Waals surface area (Å²) in [6.45, 7) is 5.09. The Morgan fingerprint density at radius 3 is 2.71 bits per heavy atom. The number of halogens is 1. The zero-order valence-corrected chi connectivity index (χ0v) is 18.6. The monoisotopic (exact) mass is 452 g/mol. The lowest BCUT2D eigenvalue weighted by Gasteiger charge is -2.36. The van der Waals surface area contributed by atoms with E-state index < -0.39 is 0 Å². The molecule has 3 aromatic heterocycles. The van der Waals surface area contributed by atoms with Gasteiger partial charge in [-0.05, 0) is 42.8 Å². The Kier molecular flexibility index (Phi) is 5.33. The summed E-state index contributed by atoms with van der Waals surface area (Å²) in [5.41, 5.74) is 3.68. The Hall–Kier alpha value is -2.97. The fraction of sp³-hybridized carbons (Fsp3) is 0.273. The largest absolute Gasteiger partial charge is 0.368 e. The number of rotatable bonds is 4. The van der Waals surface area contributed by atoms with Crippen molar-refractivity contribution in [1.29, 1.82) is 0 Å². The fourth-order valence-electron chi connectivity index (χ4n) is 3.89. The van der Waals surface area contributed by atoms with Gasteiger partial charge in [0.25, 0.3) is 0 Å². The fourth-order valence-corrected chi connectivity index (χ4v) is 4.64. The summed E-state index contributed by atoms with van der Waals surface area (Å²) in [7, 11) is 0. The molecule has 0 atom stereocenters. The number of aryl methyl sites for hydroxylation is 1. The third-order valence-corrected chi connectivity index (χ3v) is 6.77. The van der Waals surface area contributed by atoms with E-state index in [1.807, 2.05) is 41.5 Å². The van der Waals surface area contributed by atoms with E-state index in [-0.39, 0.29) is 12.5 Å². The van der Waals surface area contributed by atoms with Crippen LogP contribution in [0.3, 0.4) is 0 Å². The number of carbonyl (C=O) groups excluding carboxylic acids is 1. The maximum Gasteiger partial charge on any atom is 0.244 e. The Bertz CT molecular complexity index is 1230. The van der Waals surface area contributed by atoms with Gasteiger partial charge < -0.3 is 9.80 Å². The minimum absolute atomic E-state index is 0.0488. The number of aromatic nitrogens is 4. The summed E-state index contributed by atoms with van der Waals surface area (Å²) in [5.74, 6) is 0.0488. The standard InChI is InChI=1S/C22H21ClN6OS/c1-15-13-16(4-5-18(15)23)27-8-10-28(11-9-27)19(30)14-29-21-17(3-2-6-24-21)20(26-29)22-25-7-12-31-22/h2-7,12-13H,8-11,14H2,1H3. The quantitative estimate of drug-likeness (QED) is 0.470. The zero-order chi connectivity index (χ0) is 21.4. The van der Waals surface area contributed by atoms with Gasteiger partial charge in [-0.2, -0.15) is 5.10 Å². The second-order valence-electron chi connectivity index (χ2n) is 7.52. The number of amides is 1. The summed E-state index contributed by atoms with van der Waals surface area (Å²) < 4.78 is 1.70. The molecule has 0 unspecified atom stereocenters. The molecule has 0 spiro atoms. The molecule has 1 aromatic carbocycles. The van der Waals surface area contributed by atoms with Crippen LogP contribution in [0.1, 0.15) is 5.56 Å². The van der Waals surface area contributed by atoms with E-state index in [1.54, 1.807) is 17.1 Å². The topological polar surface area (TPSA) is 67.2 Å². The number of nitrogens with zero attached hydrogens (tertiary/aromatic N) is 6. The van der Waals surface area contributed by atoms with Gasteiger partial charge in [-0.1, -0.05) is 11.6 Å². The number of carbonyl (C=O) groups is 1. The molecule has 1 aliphatic heterocycles. The molecule has 0 aliphatic carbocycles. The second kappa shape index (κ2) is 8.28. The first-order valence-electron chi connectivity index (χ1n) is 10.1. The molecule has 4 heterocycles. The average Bonchev–Trinajstić information content (AvgIpc) is 3.44. The van der Waals surface area contributed by atoms with E-state index in [4.69, 9.17) is 11.6 Å². The highest BCUT2D eigenvalue weighted by Gasteiger charge is 2.24. The molecule has 0 bridgehead atoms. The third kappa shape index (κ3) is 3.88. The van der Waals surface area contributed by atoms with E-state index in [9.17, 15) is 4.79 Å². The van der Waals surface area contributed by atoms with Gasteiger partial charge in [-0.25, -0.2) is 14.6 Å². The van der Waals surface area contributed by atoms with Crippen LogP contribution >= 0.6 is 22.9 Å². The maximum absolute atomic E-state index is 13.0. The van der Waals surface area contributed by atoms with Crippen LogP contribution in [0.2, 0.25) is 5.02 Å². The summed E-state index contributed by atoms with van der Waals surface area (Å²) in [6.07, 6.45) is 3.48. The molecule has 4 aromatic rings. The lowest BCUT2D eigenvalue weighted by Crippen LogP contribution is -2.49. The highest BCUT2D eigenvalue weighted by Crippen LogP contribution is 2.28. The number of piperazine rings is 1. The van der Waals surface area contributed by atoms with Gasteiger partial charge in [0.1, 0.15) is 17.2 Å².